The van der Waals surface area contributed by atoms with Crippen molar-refractivity contribution in [2.45, 2.75) is 64.5 Å². The highest BCUT2D eigenvalue weighted by Gasteiger charge is 2.21. The predicted molar refractivity (Wildman–Crippen MR) is 108 cm³/mol. The number of hydrogen-bond acceptors (Lipinski definition) is 6. The summed E-state index contributed by atoms with van der Waals surface area (Å²) in [6.07, 6.45) is 0.552. The van der Waals surface area contributed by atoms with Crippen molar-refractivity contribution in [3.05, 3.63) is 29.6 Å². The maximum Gasteiger partial charge on any atom is 0.407 e. The summed E-state index contributed by atoms with van der Waals surface area (Å²) in [5.41, 5.74) is 4.90. The van der Waals surface area contributed by atoms with Gasteiger partial charge in [0.15, 0.2) is 11.6 Å². The fourth-order valence-corrected chi connectivity index (χ4v) is 2.56. The van der Waals surface area contributed by atoms with E-state index in [2.05, 4.69) is 10.1 Å². The molecule has 0 saturated carbocycles. The second-order valence-electron chi connectivity index (χ2n) is 7.82. The van der Waals surface area contributed by atoms with Gasteiger partial charge in [-0.05, 0) is 51.7 Å². The smallest absolute Gasteiger partial charge is 0.407 e. The van der Waals surface area contributed by atoms with Gasteiger partial charge in [0.05, 0.1) is 13.2 Å². The number of aryl methyl sites for hydroxylation is 1. The van der Waals surface area contributed by atoms with Crippen molar-refractivity contribution in [1.29, 1.82) is 0 Å². The lowest BCUT2D eigenvalue weighted by Gasteiger charge is -2.24. The molecule has 8 nitrogen and oxygen atoms in total. The highest BCUT2D eigenvalue weighted by atomic mass is 19.1. The van der Waals surface area contributed by atoms with Crippen LogP contribution < -0.4 is 15.8 Å². The Bertz CT molecular complexity index is 733. The molecule has 1 atom stereocenters. The Labute approximate surface area is 176 Å². The highest BCUT2D eigenvalue weighted by Crippen LogP contribution is 2.22. The Balaban J connectivity index is 2.74. The molecule has 0 spiro atoms. The number of methoxy groups -OCH3 is 1. The van der Waals surface area contributed by atoms with Gasteiger partial charge in [-0.2, -0.15) is 0 Å². The van der Waals surface area contributed by atoms with Crippen molar-refractivity contribution in [2.75, 3.05) is 13.7 Å². The Kier molecular flexibility index (Phi) is 10.1. The van der Waals surface area contributed by atoms with Crippen LogP contribution in [-0.2, 0) is 25.5 Å². The zero-order valence-corrected chi connectivity index (χ0v) is 18.0. The van der Waals surface area contributed by atoms with Gasteiger partial charge in [-0.3, -0.25) is 9.59 Å². The van der Waals surface area contributed by atoms with Gasteiger partial charge in [-0.1, -0.05) is 12.1 Å². The van der Waals surface area contributed by atoms with Crippen LogP contribution in [0.25, 0.3) is 0 Å². The van der Waals surface area contributed by atoms with Crippen molar-refractivity contribution in [3.63, 3.8) is 0 Å². The van der Waals surface area contributed by atoms with Gasteiger partial charge in [0.1, 0.15) is 12.2 Å². The zero-order valence-electron chi connectivity index (χ0n) is 18.0. The van der Waals surface area contributed by atoms with E-state index in [1.54, 1.807) is 32.9 Å². The molecule has 9 heteroatoms. The number of nitrogens with one attached hydrogen (secondary N) is 1. The van der Waals surface area contributed by atoms with E-state index in [9.17, 15) is 18.8 Å². The first-order chi connectivity index (χ1) is 14.0. The molecule has 0 aliphatic rings. The van der Waals surface area contributed by atoms with Crippen LogP contribution in [0.2, 0.25) is 0 Å². The predicted octanol–water partition coefficient (Wildman–Crippen LogP) is 2.86. The van der Waals surface area contributed by atoms with E-state index >= 15 is 0 Å². The van der Waals surface area contributed by atoms with Gasteiger partial charge in [0, 0.05) is 12.8 Å². The monoisotopic (exact) mass is 426 g/mol. The molecule has 2 amide bonds. The van der Waals surface area contributed by atoms with E-state index in [0.717, 1.165) is 0 Å². The van der Waals surface area contributed by atoms with Crippen LogP contribution in [0.5, 0.6) is 5.75 Å². The lowest BCUT2D eigenvalue weighted by molar-refractivity contribution is -0.140. The summed E-state index contributed by atoms with van der Waals surface area (Å²) in [5.74, 6) is -1.40. The minimum Gasteiger partial charge on any atom is -0.488 e. The molecule has 0 aliphatic heterocycles. The number of halogens is 1. The van der Waals surface area contributed by atoms with E-state index in [0.29, 0.717) is 18.4 Å². The number of esters is 1. The minimum atomic E-state index is -0.691. The fourth-order valence-electron chi connectivity index (χ4n) is 2.56. The first-order valence-electron chi connectivity index (χ1n) is 9.76. The van der Waals surface area contributed by atoms with Gasteiger partial charge >= 0.3 is 12.1 Å². The van der Waals surface area contributed by atoms with Crippen molar-refractivity contribution in [3.8, 4) is 5.75 Å². The van der Waals surface area contributed by atoms with Crippen molar-refractivity contribution >= 4 is 18.0 Å². The number of ether oxygens (including phenoxy) is 3. The fraction of sp³-hybridized carbons (Fsp3) is 0.571. The molecule has 0 fully saturated rings. The molecule has 0 unspecified atom stereocenters. The first-order valence-corrected chi connectivity index (χ1v) is 9.76. The SMILES string of the molecule is COC(=O)CCCc1cccc(OC[C@H](CCC(N)=O)NC(=O)OC(C)(C)C)c1F. The molecular formula is C21H31FN2O6. The van der Waals surface area contributed by atoms with Crippen LogP contribution >= 0.6 is 0 Å². The largest absolute Gasteiger partial charge is 0.488 e. The van der Waals surface area contributed by atoms with Crippen molar-refractivity contribution < 1.29 is 33.0 Å². The maximum absolute atomic E-state index is 14.7. The van der Waals surface area contributed by atoms with Gasteiger partial charge in [0.25, 0.3) is 0 Å². The number of alkyl carbamates (subject to hydrolysis) is 1. The van der Waals surface area contributed by atoms with E-state index in [1.165, 1.54) is 13.2 Å². The van der Waals surface area contributed by atoms with Crippen LogP contribution in [-0.4, -0.2) is 43.3 Å². The average molecular weight is 426 g/mol. The van der Waals surface area contributed by atoms with E-state index < -0.39 is 29.5 Å². The molecule has 0 aliphatic carbocycles. The lowest BCUT2D eigenvalue weighted by atomic mass is 10.1. The number of carbonyl (C=O) groups is 3. The Morgan fingerprint density at radius 2 is 1.90 bits per heavy atom. The van der Waals surface area contributed by atoms with Gasteiger partial charge in [-0.15, -0.1) is 0 Å². The summed E-state index contributed by atoms with van der Waals surface area (Å²) in [6, 6.07) is 4.13. The minimum absolute atomic E-state index is 0.0145. The van der Waals surface area contributed by atoms with Crippen LogP contribution in [0.3, 0.4) is 0 Å². The van der Waals surface area contributed by atoms with Gasteiger partial charge in [0.2, 0.25) is 5.91 Å². The van der Waals surface area contributed by atoms with Crippen LogP contribution in [0, 0.1) is 5.82 Å². The summed E-state index contributed by atoms with van der Waals surface area (Å²) >= 11 is 0. The number of benzene rings is 1. The van der Waals surface area contributed by atoms with Crippen molar-refractivity contribution in [1.82, 2.24) is 5.32 Å². The summed E-state index contributed by atoms with van der Waals surface area (Å²) < 4.78 is 30.0. The first kappa shape index (κ1) is 25.2. The molecule has 1 aromatic carbocycles. The number of nitrogens with two attached hydrogens (primary N) is 1. The number of hydrogen-bond donors (Lipinski definition) is 2. The second-order valence-corrected chi connectivity index (χ2v) is 7.82. The standard InChI is InChI=1S/C21H31FN2O6/c1-21(2,3)30-20(27)24-15(11-12-17(23)25)13-29-16-9-5-7-14(19(16)22)8-6-10-18(26)28-4/h5,7,9,15H,6,8,10-13H2,1-4H3,(H2,23,25)(H,24,27)/t15-/m0/s1. The molecule has 1 rings (SSSR count). The van der Waals surface area contributed by atoms with Gasteiger partial charge in [-0.25, -0.2) is 9.18 Å². The van der Waals surface area contributed by atoms with Gasteiger partial charge < -0.3 is 25.3 Å². The Morgan fingerprint density at radius 1 is 1.20 bits per heavy atom. The normalized spacial score (nSPS) is 12.0. The third-order valence-corrected chi connectivity index (χ3v) is 4.00. The molecule has 3 N–H and O–H groups in total. The summed E-state index contributed by atoms with van der Waals surface area (Å²) in [4.78, 5) is 34.3. The molecule has 0 saturated heterocycles. The van der Waals surface area contributed by atoms with Crippen LogP contribution in [0.15, 0.2) is 18.2 Å². The second kappa shape index (κ2) is 12.0. The topological polar surface area (TPSA) is 117 Å². The van der Waals surface area contributed by atoms with E-state index in [1.807, 2.05) is 0 Å². The summed E-state index contributed by atoms with van der Waals surface area (Å²) in [6.45, 7) is 5.10. The quantitative estimate of drug-likeness (QED) is 0.526. The Morgan fingerprint density at radius 3 is 2.50 bits per heavy atom. The number of amides is 2. The molecule has 30 heavy (non-hydrogen) atoms. The number of primary amides is 1. The molecule has 0 aromatic heterocycles. The molecule has 168 valence electrons. The van der Waals surface area contributed by atoms with Crippen molar-refractivity contribution in [2.24, 2.45) is 5.73 Å². The number of carbonyl (C=O) groups excluding carboxylic acids is 3. The number of rotatable bonds is 11. The van der Waals surface area contributed by atoms with Crippen LogP contribution in [0.4, 0.5) is 9.18 Å². The maximum atomic E-state index is 14.7. The summed E-state index contributed by atoms with van der Waals surface area (Å²) in [5, 5.41) is 2.62. The average Bonchev–Trinajstić information content (AvgIpc) is 2.64. The van der Waals surface area contributed by atoms with E-state index in [4.69, 9.17) is 15.2 Å². The van der Waals surface area contributed by atoms with Crippen LogP contribution in [0.1, 0.15) is 52.0 Å². The third-order valence-electron chi connectivity index (χ3n) is 4.00. The lowest BCUT2D eigenvalue weighted by Crippen LogP contribution is -2.42. The zero-order chi connectivity index (χ0) is 22.7. The molecule has 0 bridgehead atoms. The molecule has 1 aromatic rings. The molecule has 0 radical (unpaired) electrons. The third kappa shape index (κ3) is 10.1. The summed E-state index contributed by atoms with van der Waals surface area (Å²) in [7, 11) is 1.30. The van der Waals surface area contributed by atoms with E-state index in [-0.39, 0.29) is 37.6 Å². The molecule has 0 heterocycles. The Hall–Kier alpha value is -2.84. The molecular weight excluding hydrogens is 395 g/mol. The highest BCUT2D eigenvalue weighted by molar-refractivity contribution is 5.74.